The summed E-state index contributed by atoms with van der Waals surface area (Å²) in [5, 5.41) is 18.2. The van der Waals surface area contributed by atoms with Crippen LogP contribution >= 0.6 is 23.2 Å². The van der Waals surface area contributed by atoms with Crippen LogP contribution in [0.5, 0.6) is 0 Å². The molecule has 0 radical (unpaired) electrons. The lowest BCUT2D eigenvalue weighted by molar-refractivity contribution is -0.252. The first-order valence-electron chi connectivity index (χ1n) is 20.8. The van der Waals surface area contributed by atoms with Crippen molar-refractivity contribution in [2.75, 3.05) is 71.6 Å². The predicted octanol–water partition coefficient (Wildman–Crippen LogP) is 5.76. The Kier molecular flexibility index (Phi) is 18.7. The Balaban J connectivity index is 0.000000210. The first-order chi connectivity index (χ1) is 30.9. The van der Waals surface area contributed by atoms with E-state index in [0.717, 1.165) is 53.5 Å². The zero-order chi connectivity index (χ0) is 46.2. The van der Waals surface area contributed by atoms with Crippen molar-refractivity contribution >= 4 is 64.0 Å². The van der Waals surface area contributed by atoms with Gasteiger partial charge in [0.2, 0.25) is 0 Å². The Morgan fingerprint density at radius 3 is 1.64 bits per heavy atom. The normalized spacial score (nSPS) is 12.2. The third kappa shape index (κ3) is 13.1. The van der Waals surface area contributed by atoms with Crippen LogP contribution in [0.2, 0.25) is 10.0 Å². The number of imidazole rings is 2. The number of nitrogens with one attached hydrogen (secondary N) is 3. The van der Waals surface area contributed by atoms with Gasteiger partial charge in [-0.15, -0.1) is 0 Å². The first-order valence-corrected chi connectivity index (χ1v) is 21.5. The summed E-state index contributed by atoms with van der Waals surface area (Å²) >= 11 is 12.2. The molecule has 2 aromatic carbocycles. The number of carbonyl (C=O) groups excluding carboxylic acids is 2. The number of nitrogens with two attached hydrogens (primary N) is 1. The van der Waals surface area contributed by atoms with Crippen LogP contribution in [0.4, 0.5) is 11.4 Å². The van der Waals surface area contributed by atoms with Gasteiger partial charge in [-0.05, 0) is 79.5 Å². The van der Waals surface area contributed by atoms with Gasteiger partial charge in [0.25, 0.3) is 18.3 Å². The number of amides is 2. The zero-order valence-electron chi connectivity index (χ0n) is 37.3. The average molecular weight is 918 g/mol. The van der Waals surface area contributed by atoms with Crippen molar-refractivity contribution in [3.05, 3.63) is 129 Å². The molecule has 6 aromatic rings. The highest BCUT2D eigenvalue weighted by molar-refractivity contribution is 6.30. The smallest absolute Gasteiger partial charge is 0.270 e. The molecule has 5 N–H and O–H groups in total. The number of methoxy groups -OCH3 is 3. The van der Waals surface area contributed by atoms with Crippen LogP contribution in [-0.2, 0) is 40.1 Å². The van der Waals surface area contributed by atoms with Crippen LogP contribution < -0.4 is 31.8 Å². The van der Waals surface area contributed by atoms with E-state index in [9.17, 15) is 9.59 Å². The molecular weight excluding hydrogens is 859 g/mol. The lowest BCUT2D eigenvalue weighted by atomic mass is 10.2. The molecule has 0 atom stereocenters. The van der Waals surface area contributed by atoms with Crippen LogP contribution in [0.25, 0.3) is 11.3 Å². The Morgan fingerprint density at radius 1 is 0.750 bits per heavy atom. The van der Waals surface area contributed by atoms with Crippen molar-refractivity contribution in [2.24, 2.45) is 10.9 Å². The Morgan fingerprint density at radius 2 is 1.23 bits per heavy atom. The maximum Gasteiger partial charge on any atom is 0.270 e. The molecule has 1 aliphatic rings. The van der Waals surface area contributed by atoms with E-state index in [2.05, 4.69) is 50.1 Å². The van der Waals surface area contributed by atoms with Gasteiger partial charge in [-0.2, -0.15) is 5.10 Å². The van der Waals surface area contributed by atoms with E-state index in [-0.39, 0.29) is 11.8 Å². The molecule has 0 bridgehead atoms. The van der Waals surface area contributed by atoms with Gasteiger partial charge in [0.1, 0.15) is 29.0 Å². The van der Waals surface area contributed by atoms with Crippen molar-refractivity contribution in [1.82, 2.24) is 39.6 Å². The highest BCUT2D eigenvalue weighted by atomic mass is 35.5. The van der Waals surface area contributed by atoms with Gasteiger partial charge in [-0.3, -0.25) is 23.4 Å². The summed E-state index contributed by atoms with van der Waals surface area (Å²) < 4.78 is 17.3. The highest BCUT2D eigenvalue weighted by Gasteiger charge is 2.20. The standard InChI is InChI=1S/C21H23ClN6O.C20H25ClN6O.C4H10O3/c1-3-18-20(27-13-16(22)6-9-19(27)25-18)21(29)23-12-15-4-7-17(8-5-15)28-11-10-26(2)14-24-28;1-3-17-19(26-13-15(21)6-9-18(26)25-17)20(28)24-12-14-4-7-16(8-5-14)27(22)11-10-23-2;1-5-4(6-2)7-3/h4-9,13-14H,3,10-12H2,1-2H3,(H,23,29);4-9,13,23H,3,10-12,22H2,1-2H3,(H,24,28);4H,1-3H3. The fourth-order valence-electron chi connectivity index (χ4n) is 6.60. The Bertz CT molecular complexity index is 2450. The molecule has 0 fully saturated rings. The molecule has 2 amide bonds. The van der Waals surface area contributed by atoms with Gasteiger partial charge >= 0.3 is 0 Å². The first kappa shape index (κ1) is 49.2. The summed E-state index contributed by atoms with van der Waals surface area (Å²) in [5.74, 6) is 5.68. The molecule has 0 unspecified atom stereocenters. The number of pyridine rings is 2. The maximum atomic E-state index is 12.9. The van der Waals surface area contributed by atoms with Crippen LogP contribution in [0.15, 0.2) is 90.3 Å². The number of anilines is 2. The number of hydrogen-bond donors (Lipinski definition) is 4. The molecule has 7 rings (SSSR count). The van der Waals surface area contributed by atoms with Gasteiger partial charge in [0.15, 0.2) is 0 Å². The Labute approximate surface area is 384 Å². The minimum atomic E-state index is -0.514. The molecule has 0 aliphatic carbocycles. The second kappa shape index (κ2) is 24.3. The van der Waals surface area contributed by atoms with Gasteiger partial charge in [0, 0.05) is 73.5 Å². The topological polar surface area (TPSA) is 181 Å². The Hall–Kier alpha value is -5.79. The molecule has 1 aliphatic heterocycles. The number of likely N-dealkylation sites (N-methyl/N-ethyl adjacent to an activating group) is 2. The van der Waals surface area contributed by atoms with E-state index in [0.29, 0.717) is 65.2 Å². The predicted molar refractivity (Wildman–Crippen MR) is 253 cm³/mol. The highest BCUT2D eigenvalue weighted by Crippen LogP contribution is 2.21. The number of hydrogen-bond acceptors (Lipinski definition) is 13. The summed E-state index contributed by atoms with van der Waals surface area (Å²) in [6.45, 7) is 7.59. The van der Waals surface area contributed by atoms with Gasteiger partial charge < -0.3 is 40.1 Å². The zero-order valence-corrected chi connectivity index (χ0v) is 38.9. The van der Waals surface area contributed by atoms with Crippen molar-refractivity contribution in [3.63, 3.8) is 0 Å². The van der Waals surface area contributed by atoms with Crippen molar-refractivity contribution < 1.29 is 23.8 Å². The molecule has 342 valence electrons. The molecule has 17 nitrogen and oxygen atoms in total. The van der Waals surface area contributed by atoms with Gasteiger partial charge in [0.05, 0.1) is 39.4 Å². The molecule has 64 heavy (non-hydrogen) atoms. The number of nitrogens with zero attached hydrogens (tertiary/aromatic N) is 8. The third-order valence-corrected chi connectivity index (χ3v) is 10.5. The second-order valence-corrected chi connectivity index (χ2v) is 15.4. The lowest BCUT2D eigenvalue weighted by Crippen LogP contribution is -2.36. The number of aromatic nitrogens is 4. The molecular formula is C45H58Cl2N12O5. The van der Waals surface area contributed by atoms with Crippen molar-refractivity contribution in [1.29, 1.82) is 0 Å². The maximum absolute atomic E-state index is 12.9. The number of aryl methyl sites for hydroxylation is 2. The molecule has 0 spiro atoms. The molecule has 4 aromatic heterocycles. The van der Waals surface area contributed by atoms with E-state index in [1.54, 1.807) is 38.3 Å². The van der Waals surface area contributed by atoms with E-state index >= 15 is 0 Å². The van der Waals surface area contributed by atoms with E-state index < -0.39 is 6.48 Å². The van der Waals surface area contributed by atoms with Crippen molar-refractivity contribution in [2.45, 2.75) is 46.3 Å². The second-order valence-electron chi connectivity index (χ2n) is 14.5. The number of carbonyl (C=O) groups is 2. The van der Waals surface area contributed by atoms with Gasteiger partial charge in [-0.1, -0.05) is 61.3 Å². The fraction of sp³-hybridized carbons (Fsp3) is 0.356. The number of ether oxygens (including phenoxy) is 3. The number of rotatable bonds is 16. The molecule has 5 heterocycles. The van der Waals surface area contributed by atoms with E-state index in [4.69, 9.17) is 29.0 Å². The largest absolute Gasteiger partial charge is 0.362 e. The van der Waals surface area contributed by atoms with Crippen molar-refractivity contribution in [3.8, 4) is 0 Å². The van der Waals surface area contributed by atoms with E-state index in [1.165, 1.54) is 21.3 Å². The minimum Gasteiger partial charge on any atom is -0.362 e. The van der Waals surface area contributed by atoms with Crippen LogP contribution in [0.3, 0.4) is 0 Å². The van der Waals surface area contributed by atoms with E-state index in [1.807, 2.05) is 100.0 Å². The van der Waals surface area contributed by atoms with Crippen LogP contribution in [-0.4, -0.2) is 110 Å². The third-order valence-electron chi connectivity index (χ3n) is 10.1. The number of halogens is 2. The monoisotopic (exact) mass is 916 g/mol. The fourth-order valence-corrected chi connectivity index (χ4v) is 6.92. The number of hydrazine groups is 1. The van der Waals surface area contributed by atoms with Crippen LogP contribution in [0.1, 0.15) is 57.3 Å². The number of fused-ring (bicyclic) bond motifs is 2. The summed E-state index contributed by atoms with van der Waals surface area (Å²) in [6.07, 6.45) is 6.60. The SMILES string of the molecule is CCc1nc2ccc(Cl)cn2c1C(=O)NCc1ccc(N(N)CCNC)cc1.CCc1nc2ccc(Cl)cn2c1C(=O)NCc1ccc(N2CCN(C)C=N2)cc1.COC(OC)OC. The lowest BCUT2D eigenvalue weighted by Gasteiger charge is -2.27. The molecule has 0 saturated carbocycles. The molecule has 19 heteroatoms. The number of hydrazone groups is 1. The quantitative estimate of drug-likeness (QED) is 0.0525. The summed E-state index contributed by atoms with van der Waals surface area (Å²) in [4.78, 5) is 36.8. The summed E-state index contributed by atoms with van der Waals surface area (Å²) in [7, 11) is 8.43. The molecule has 0 saturated heterocycles. The number of benzene rings is 2. The minimum absolute atomic E-state index is 0.163. The van der Waals surface area contributed by atoms with Gasteiger partial charge in [-0.25, -0.2) is 15.8 Å². The summed E-state index contributed by atoms with van der Waals surface area (Å²) in [6, 6.07) is 23.0. The summed E-state index contributed by atoms with van der Waals surface area (Å²) in [5.41, 5.74) is 7.96. The van der Waals surface area contributed by atoms with Crippen LogP contribution in [0, 0.1) is 0 Å². The average Bonchev–Trinajstić information content (AvgIpc) is 3.88.